The van der Waals surface area contributed by atoms with Gasteiger partial charge in [-0.15, -0.1) is 0 Å². The van der Waals surface area contributed by atoms with Crippen molar-refractivity contribution in [2.45, 2.75) is 0 Å². The SMILES string of the molecule is CNc1ccc(OC(=O)c2ccc(OC(=O)c3ccc(OC)c(OC)c3)c(OC)c2)cc1. The highest BCUT2D eigenvalue weighted by atomic mass is 16.6. The number of hydrogen-bond acceptors (Lipinski definition) is 8. The van der Waals surface area contributed by atoms with E-state index in [9.17, 15) is 9.59 Å². The molecule has 0 spiro atoms. The van der Waals surface area contributed by atoms with Crippen LogP contribution in [0.15, 0.2) is 60.7 Å². The summed E-state index contributed by atoms with van der Waals surface area (Å²) in [6.07, 6.45) is 0. The van der Waals surface area contributed by atoms with Crippen molar-refractivity contribution in [1.29, 1.82) is 0 Å². The van der Waals surface area contributed by atoms with Crippen LogP contribution in [0.4, 0.5) is 5.69 Å². The zero-order chi connectivity index (χ0) is 23.1. The van der Waals surface area contributed by atoms with Crippen LogP contribution in [0.2, 0.25) is 0 Å². The van der Waals surface area contributed by atoms with Crippen LogP contribution in [0.3, 0.4) is 0 Å². The van der Waals surface area contributed by atoms with Crippen LogP contribution in [0.5, 0.6) is 28.7 Å². The highest BCUT2D eigenvalue weighted by molar-refractivity contribution is 5.94. The molecule has 0 heterocycles. The summed E-state index contributed by atoms with van der Waals surface area (Å²) >= 11 is 0. The summed E-state index contributed by atoms with van der Waals surface area (Å²) < 4.78 is 26.5. The molecule has 0 fully saturated rings. The van der Waals surface area contributed by atoms with Crippen LogP contribution >= 0.6 is 0 Å². The Labute approximate surface area is 185 Å². The molecule has 0 atom stereocenters. The monoisotopic (exact) mass is 437 g/mol. The van der Waals surface area contributed by atoms with Crippen LogP contribution in [-0.4, -0.2) is 40.3 Å². The second kappa shape index (κ2) is 10.2. The molecule has 3 aromatic carbocycles. The van der Waals surface area contributed by atoms with E-state index < -0.39 is 11.9 Å². The van der Waals surface area contributed by atoms with Gasteiger partial charge in [-0.3, -0.25) is 0 Å². The number of carbonyl (C=O) groups excluding carboxylic acids is 2. The van der Waals surface area contributed by atoms with Gasteiger partial charge in [0, 0.05) is 12.7 Å². The van der Waals surface area contributed by atoms with Crippen molar-refractivity contribution >= 4 is 17.6 Å². The molecule has 0 unspecified atom stereocenters. The molecule has 32 heavy (non-hydrogen) atoms. The summed E-state index contributed by atoms with van der Waals surface area (Å²) in [5.41, 5.74) is 1.40. The van der Waals surface area contributed by atoms with Gasteiger partial charge in [0.2, 0.25) is 0 Å². The van der Waals surface area contributed by atoms with Crippen LogP contribution < -0.4 is 29.0 Å². The normalized spacial score (nSPS) is 10.1. The molecule has 0 amide bonds. The maximum absolute atomic E-state index is 12.6. The van der Waals surface area contributed by atoms with Gasteiger partial charge >= 0.3 is 11.9 Å². The minimum absolute atomic E-state index is 0.155. The third-order valence-corrected chi connectivity index (χ3v) is 4.57. The van der Waals surface area contributed by atoms with E-state index in [1.807, 2.05) is 0 Å². The second-order valence-corrected chi connectivity index (χ2v) is 6.49. The van der Waals surface area contributed by atoms with Crippen LogP contribution in [0.1, 0.15) is 20.7 Å². The molecule has 0 saturated carbocycles. The van der Waals surface area contributed by atoms with Gasteiger partial charge in [0.1, 0.15) is 5.75 Å². The van der Waals surface area contributed by atoms with Crippen molar-refractivity contribution in [3.8, 4) is 28.7 Å². The zero-order valence-corrected chi connectivity index (χ0v) is 18.1. The third-order valence-electron chi connectivity index (χ3n) is 4.57. The molecular formula is C24H23NO7. The van der Waals surface area contributed by atoms with E-state index in [2.05, 4.69) is 5.32 Å². The maximum atomic E-state index is 12.6. The quantitative estimate of drug-likeness (QED) is 0.414. The van der Waals surface area contributed by atoms with Gasteiger partial charge in [0.05, 0.1) is 32.5 Å². The Morgan fingerprint density at radius 3 is 1.66 bits per heavy atom. The number of nitrogens with one attached hydrogen (secondary N) is 1. The molecule has 8 nitrogen and oxygen atoms in total. The van der Waals surface area contributed by atoms with E-state index in [0.29, 0.717) is 17.2 Å². The van der Waals surface area contributed by atoms with Gasteiger partial charge in [0.25, 0.3) is 0 Å². The number of rotatable bonds is 8. The Morgan fingerprint density at radius 1 is 0.625 bits per heavy atom. The lowest BCUT2D eigenvalue weighted by atomic mass is 10.2. The first-order chi connectivity index (χ1) is 15.5. The van der Waals surface area contributed by atoms with Gasteiger partial charge in [-0.05, 0) is 60.7 Å². The topological polar surface area (TPSA) is 92.3 Å². The molecule has 0 aromatic heterocycles. The standard InChI is InChI=1S/C24H23NO7/c1-25-17-7-9-18(10-8-17)31-23(26)15-6-12-20(22(14-15)30-4)32-24(27)16-5-11-19(28-2)21(13-16)29-3/h5-14,25H,1-4H3. The first-order valence-corrected chi connectivity index (χ1v) is 9.61. The van der Waals surface area contributed by atoms with Crippen molar-refractivity contribution in [1.82, 2.24) is 0 Å². The Kier molecular flexibility index (Phi) is 7.17. The van der Waals surface area contributed by atoms with E-state index in [1.165, 1.54) is 45.6 Å². The van der Waals surface area contributed by atoms with Gasteiger partial charge in [-0.25, -0.2) is 9.59 Å². The zero-order valence-electron chi connectivity index (χ0n) is 18.1. The summed E-state index contributed by atoms with van der Waals surface area (Å²) in [6.45, 7) is 0. The molecular weight excluding hydrogens is 414 g/mol. The van der Waals surface area contributed by atoms with E-state index in [-0.39, 0.29) is 22.6 Å². The number of methoxy groups -OCH3 is 3. The van der Waals surface area contributed by atoms with E-state index in [0.717, 1.165) is 5.69 Å². The number of benzene rings is 3. The largest absolute Gasteiger partial charge is 0.493 e. The van der Waals surface area contributed by atoms with Gasteiger partial charge in [-0.1, -0.05) is 0 Å². The summed E-state index contributed by atoms with van der Waals surface area (Å²) in [7, 11) is 6.19. The Morgan fingerprint density at radius 2 is 1.12 bits per heavy atom. The predicted molar refractivity (Wildman–Crippen MR) is 118 cm³/mol. The summed E-state index contributed by atoms with van der Waals surface area (Å²) in [5.74, 6) is 0.459. The van der Waals surface area contributed by atoms with Crippen LogP contribution in [0.25, 0.3) is 0 Å². The lowest BCUT2D eigenvalue weighted by Crippen LogP contribution is -2.11. The highest BCUT2D eigenvalue weighted by Gasteiger charge is 2.18. The van der Waals surface area contributed by atoms with Crippen molar-refractivity contribution in [2.75, 3.05) is 33.7 Å². The van der Waals surface area contributed by atoms with Crippen molar-refractivity contribution < 1.29 is 33.3 Å². The van der Waals surface area contributed by atoms with Crippen molar-refractivity contribution in [2.24, 2.45) is 0 Å². The van der Waals surface area contributed by atoms with E-state index >= 15 is 0 Å². The first kappa shape index (κ1) is 22.5. The van der Waals surface area contributed by atoms with Gasteiger partial charge < -0.3 is 29.0 Å². The number of ether oxygens (including phenoxy) is 5. The second-order valence-electron chi connectivity index (χ2n) is 6.49. The fourth-order valence-electron chi connectivity index (χ4n) is 2.86. The molecule has 3 rings (SSSR count). The van der Waals surface area contributed by atoms with Crippen molar-refractivity contribution in [3.63, 3.8) is 0 Å². The average Bonchev–Trinajstić information content (AvgIpc) is 2.84. The molecule has 0 bridgehead atoms. The summed E-state index contributed by atoms with van der Waals surface area (Å²) in [5, 5.41) is 2.99. The van der Waals surface area contributed by atoms with Gasteiger partial charge in [0.15, 0.2) is 23.0 Å². The highest BCUT2D eigenvalue weighted by Crippen LogP contribution is 2.31. The van der Waals surface area contributed by atoms with E-state index in [1.54, 1.807) is 43.4 Å². The lowest BCUT2D eigenvalue weighted by molar-refractivity contribution is 0.0728. The fraction of sp³-hybridized carbons (Fsp3) is 0.167. The average molecular weight is 437 g/mol. The summed E-state index contributed by atoms with van der Waals surface area (Å²) in [4.78, 5) is 25.1. The number of hydrogen-bond donors (Lipinski definition) is 1. The Balaban J connectivity index is 1.75. The van der Waals surface area contributed by atoms with Crippen molar-refractivity contribution in [3.05, 3.63) is 71.8 Å². The molecule has 0 aliphatic carbocycles. The molecule has 8 heteroatoms. The molecule has 0 aliphatic heterocycles. The maximum Gasteiger partial charge on any atom is 0.343 e. The number of anilines is 1. The Bertz CT molecular complexity index is 1110. The van der Waals surface area contributed by atoms with Gasteiger partial charge in [-0.2, -0.15) is 0 Å². The molecule has 3 aromatic rings. The molecule has 0 aliphatic rings. The number of esters is 2. The van der Waals surface area contributed by atoms with Crippen LogP contribution in [-0.2, 0) is 0 Å². The minimum atomic E-state index is -0.621. The minimum Gasteiger partial charge on any atom is -0.493 e. The Hall–Kier alpha value is -4.20. The molecule has 166 valence electrons. The number of carbonyl (C=O) groups is 2. The molecule has 0 radical (unpaired) electrons. The van der Waals surface area contributed by atoms with E-state index in [4.69, 9.17) is 23.7 Å². The smallest absolute Gasteiger partial charge is 0.343 e. The summed E-state index contributed by atoms with van der Waals surface area (Å²) in [6, 6.07) is 16.0. The fourth-order valence-corrected chi connectivity index (χ4v) is 2.86. The third kappa shape index (κ3) is 5.10. The molecule has 0 saturated heterocycles. The lowest BCUT2D eigenvalue weighted by Gasteiger charge is -2.12. The van der Waals surface area contributed by atoms with Crippen LogP contribution in [0, 0.1) is 0 Å². The predicted octanol–water partition coefficient (Wildman–Crippen LogP) is 4.19. The first-order valence-electron chi connectivity index (χ1n) is 9.61. The molecule has 1 N–H and O–H groups in total.